The predicted molar refractivity (Wildman–Crippen MR) is 73.0 cm³/mol. The van der Waals surface area contributed by atoms with Gasteiger partial charge in [0.05, 0.1) is 5.56 Å². The molecule has 2 aromatic rings. The van der Waals surface area contributed by atoms with E-state index in [1.165, 1.54) is 6.07 Å². The number of nitrogens with zero attached hydrogens (tertiary/aromatic N) is 1. The molecule has 0 aliphatic carbocycles. The number of hydrogen-bond donors (Lipinski definition) is 0. The van der Waals surface area contributed by atoms with Crippen molar-refractivity contribution in [2.45, 2.75) is 13.3 Å². The molecule has 1 heterocycles. The summed E-state index contributed by atoms with van der Waals surface area (Å²) in [7, 11) is 0. The smallest absolute Gasteiger partial charge is 0.261 e. The Balaban J connectivity index is 1.98. The molecule has 0 unspecified atom stereocenters. The molecule has 0 aromatic heterocycles. The van der Waals surface area contributed by atoms with Crippen LogP contribution in [0.2, 0.25) is 0 Å². The summed E-state index contributed by atoms with van der Waals surface area (Å²) >= 11 is 0. The summed E-state index contributed by atoms with van der Waals surface area (Å²) in [5.41, 5.74) is 2.99. The standard InChI is InChI=1S/C16H14FNO/c1-11-6-7-13(14(17)10-11)16(19)18-9-8-12-4-2-3-5-15(12)18/h2-7,10H,8-9H2,1H3. The summed E-state index contributed by atoms with van der Waals surface area (Å²) in [6.07, 6.45) is 0.829. The van der Waals surface area contributed by atoms with Crippen molar-refractivity contribution in [1.29, 1.82) is 0 Å². The lowest BCUT2D eigenvalue weighted by molar-refractivity contribution is 0.0985. The molecule has 1 aliphatic rings. The van der Waals surface area contributed by atoms with Crippen LogP contribution in [-0.2, 0) is 6.42 Å². The van der Waals surface area contributed by atoms with Crippen molar-refractivity contribution in [3.05, 3.63) is 65.0 Å². The summed E-state index contributed by atoms with van der Waals surface area (Å²) in [6.45, 7) is 2.42. The minimum Gasteiger partial charge on any atom is -0.308 e. The van der Waals surface area contributed by atoms with E-state index >= 15 is 0 Å². The third-order valence-electron chi connectivity index (χ3n) is 3.49. The molecule has 19 heavy (non-hydrogen) atoms. The minimum absolute atomic E-state index is 0.141. The Morgan fingerprint density at radius 2 is 2.00 bits per heavy atom. The number of carbonyl (C=O) groups is 1. The fraction of sp³-hybridized carbons (Fsp3) is 0.188. The van der Waals surface area contributed by atoms with Crippen LogP contribution in [0.1, 0.15) is 21.5 Å². The molecule has 0 N–H and O–H groups in total. The highest BCUT2D eigenvalue weighted by molar-refractivity contribution is 6.07. The van der Waals surface area contributed by atoms with Crippen molar-refractivity contribution in [3.63, 3.8) is 0 Å². The SMILES string of the molecule is Cc1ccc(C(=O)N2CCc3ccccc32)c(F)c1. The summed E-state index contributed by atoms with van der Waals surface area (Å²) in [6, 6.07) is 12.5. The van der Waals surface area contributed by atoms with Gasteiger partial charge in [0, 0.05) is 12.2 Å². The Kier molecular flexibility index (Phi) is 2.82. The summed E-state index contributed by atoms with van der Waals surface area (Å²) in [5.74, 6) is -0.711. The lowest BCUT2D eigenvalue weighted by Crippen LogP contribution is -2.29. The van der Waals surface area contributed by atoms with Gasteiger partial charge in [-0.3, -0.25) is 4.79 Å². The topological polar surface area (TPSA) is 20.3 Å². The first kappa shape index (κ1) is 11.9. The summed E-state index contributed by atoms with van der Waals surface area (Å²) in [4.78, 5) is 14.1. The zero-order chi connectivity index (χ0) is 13.4. The Morgan fingerprint density at radius 1 is 1.21 bits per heavy atom. The van der Waals surface area contributed by atoms with E-state index in [0.717, 1.165) is 23.2 Å². The monoisotopic (exact) mass is 255 g/mol. The number of fused-ring (bicyclic) bond motifs is 1. The number of benzene rings is 2. The molecule has 1 aliphatic heterocycles. The number of amides is 1. The van der Waals surface area contributed by atoms with Crippen molar-refractivity contribution in [2.24, 2.45) is 0 Å². The molecule has 0 bridgehead atoms. The first-order chi connectivity index (χ1) is 9.16. The van der Waals surface area contributed by atoms with Gasteiger partial charge >= 0.3 is 0 Å². The first-order valence-corrected chi connectivity index (χ1v) is 6.33. The zero-order valence-electron chi connectivity index (χ0n) is 10.7. The predicted octanol–water partition coefficient (Wildman–Crippen LogP) is 3.34. The van der Waals surface area contributed by atoms with Gasteiger partial charge in [-0.15, -0.1) is 0 Å². The lowest BCUT2D eigenvalue weighted by atomic mass is 10.1. The maximum absolute atomic E-state index is 13.9. The highest BCUT2D eigenvalue weighted by atomic mass is 19.1. The Labute approximate surface area is 111 Å². The Hall–Kier alpha value is -2.16. The average molecular weight is 255 g/mol. The van der Waals surface area contributed by atoms with Crippen molar-refractivity contribution >= 4 is 11.6 Å². The van der Waals surface area contributed by atoms with E-state index in [1.807, 2.05) is 31.2 Å². The fourth-order valence-electron chi connectivity index (χ4n) is 2.49. The van der Waals surface area contributed by atoms with Gasteiger partial charge in [-0.2, -0.15) is 0 Å². The van der Waals surface area contributed by atoms with Gasteiger partial charge in [0.15, 0.2) is 0 Å². The third-order valence-corrected chi connectivity index (χ3v) is 3.49. The zero-order valence-corrected chi connectivity index (χ0v) is 10.7. The number of carbonyl (C=O) groups excluding carboxylic acids is 1. The Bertz CT molecular complexity index is 651. The van der Waals surface area contributed by atoms with Gasteiger partial charge in [0.25, 0.3) is 5.91 Å². The van der Waals surface area contributed by atoms with Gasteiger partial charge in [-0.05, 0) is 42.7 Å². The molecule has 1 amide bonds. The highest BCUT2D eigenvalue weighted by Crippen LogP contribution is 2.29. The largest absolute Gasteiger partial charge is 0.308 e. The van der Waals surface area contributed by atoms with E-state index in [4.69, 9.17) is 0 Å². The van der Waals surface area contributed by atoms with Gasteiger partial charge in [-0.25, -0.2) is 4.39 Å². The molecule has 0 saturated carbocycles. The number of para-hydroxylation sites is 1. The van der Waals surface area contributed by atoms with Gasteiger partial charge in [-0.1, -0.05) is 24.3 Å². The van der Waals surface area contributed by atoms with E-state index < -0.39 is 5.82 Å². The van der Waals surface area contributed by atoms with Gasteiger partial charge in [0.1, 0.15) is 5.82 Å². The lowest BCUT2D eigenvalue weighted by Gasteiger charge is -2.17. The maximum atomic E-state index is 13.9. The number of hydrogen-bond acceptors (Lipinski definition) is 1. The first-order valence-electron chi connectivity index (χ1n) is 6.33. The second-order valence-electron chi connectivity index (χ2n) is 4.82. The molecule has 2 aromatic carbocycles. The van der Waals surface area contributed by atoms with E-state index in [-0.39, 0.29) is 11.5 Å². The Morgan fingerprint density at radius 3 is 2.79 bits per heavy atom. The molecule has 3 rings (SSSR count). The fourth-order valence-corrected chi connectivity index (χ4v) is 2.49. The van der Waals surface area contributed by atoms with Crippen LogP contribution in [0.25, 0.3) is 0 Å². The molecule has 0 atom stereocenters. The van der Waals surface area contributed by atoms with Crippen LogP contribution in [0.3, 0.4) is 0 Å². The van der Waals surface area contributed by atoms with Crippen LogP contribution in [0.5, 0.6) is 0 Å². The van der Waals surface area contributed by atoms with Crippen LogP contribution < -0.4 is 4.90 Å². The molecule has 96 valence electrons. The van der Waals surface area contributed by atoms with Crippen molar-refractivity contribution in [2.75, 3.05) is 11.4 Å². The van der Waals surface area contributed by atoms with Crippen LogP contribution >= 0.6 is 0 Å². The average Bonchev–Trinajstić information content (AvgIpc) is 2.82. The normalized spacial score (nSPS) is 13.5. The maximum Gasteiger partial charge on any atom is 0.261 e. The second-order valence-corrected chi connectivity index (χ2v) is 4.82. The van der Waals surface area contributed by atoms with E-state index in [2.05, 4.69) is 0 Å². The van der Waals surface area contributed by atoms with E-state index in [0.29, 0.717) is 6.54 Å². The molecule has 0 fully saturated rings. The van der Waals surface area contributed by atoms with Crippen molar-refractivity contribution < 1.29 is 9.18 Å². The molecule has 3 heteroatoms. The number of anilines is 1. The van der Waals surface area contributed by atoms with Crippen LogP contribution in [-0.4, -0.2) is 12.5 Å². The summed E-state index contributed by atoms with van der Waals surface area (Å²) < 4.78 is 13.9. The molecule has 0 saturated heterocycles. The van der Waals surface area contributed by atoms with Crippen molar-refractivity contribution in [3.8, 4) is 0 Å². The molecule has 0 radical (unpaired) electrons. The number of halogens is 1. The van der Waals surface area contributed by atoms with Gasteiger partial charge in [0.2, 0.25) is 0 Å². The highest BCUT2D eigenvalue weighted by Gasteiger charge is 2.26. The summed E-state index contributed by atoms with van der Waals surface area (Å²) in [5, 5.41) is 0. The van der Waals surface area contributed by atoms with Crippen LogP contribution in [0.4, 0.5) is 10.1 Å². The van der Waals surface area contributed by atoms with Crippen LogP contribution in [0.15, 0.2) is 42.5 Å². The minimum atomic E-state index is -0.450. The number of aryl methyl sites for hydroxylation is 1. The molecular formula is C16H14FNO. The number of rotatable bonds is 1. The third kappa shape index (κ3) is 2.01. The van der Waals surface area contributed by atoms with E-state index in [1.54, 1.807) is 17.0 Å². The van der Waals surface area contributed by atoms with Gasteiger partial charge < -0.3 is 4.90 Å². The molecule has 0 spiro atoms. The molecule has 2 nitrogen and oxygen atoms in total. The van der Waals surface area contributed by atoms with Crippen LogP contribution in [0, 0.1) is 12.7 Å². The van der Waals surface area contributed by atoms with E-state index in [9.17, 15) is 9.18 Å². The second kappa shape index (κ2) is 4.50. The quantitative estimate of drug-likeness (QED) is 0.765. The molecular weight excluding hydrogens is 241 g/mol. The van der Waals surface area contributed by atoms with Crippen molar-refractivity contribution in [1.82, 2.24) is 0 Å².